The normalized spacial score (nSPS) is 11.0. The van der Waals surface area contributed by atoms with Gasteiger partial charge in [0.2, 0.25) is 0 Å². The predicted octanol–water partition coefficient (Wildman–Crippen LogP) is 5.20. The zero-order valence-electron chi connectivity index (χ0n) is 13.4. The Bertz CT molecular complexity index is 1050. The lowest BCUT2D eigenvalue weighted by molar-refractivity contribution is 0.112. The maximum atomic E-state index is 11.8. The Morgan fingerprint density at radius 1 is 0.958 bits per heavy atom. The minimum Gasteiger partial charge on any atom is -0.493 e. The highest BCUT2D eigenvalue weighted by Gasteiger charge is 2.17. The molecule has 1 N–H and O–H groups in total. The number of fused-ring (bicyclic) bond motifs is 3. The van der Waals surface area contributed by atoms with Gasteiger partial charge in [-0.3, -0.25) is 4.79 Å². The summed E-state index contributed by atoms with van der Waals surface area (Å²) in [6.07, 6.45) is 0.922. The van der Waals surface area contributed by atoms with Crippen molar-refractivity contribution in [2.75, 3.05) is 6.61 Å². The second-order valence-electron chi connectivity index (χ2n) is 5.67. The fourth-order valence-corrected chi connectivity index (χ4v) is 3.25. The summed E-state index contributed by atoms with van der Waals surface area (Å²) >= 11 is 0. The smallest absolute Gasteiger partial charge is 0.152 e. The second kappa shape index (κ2) is 5.85. The highest BCUT2D eigenvalue weighted by atomic mass is 16.5. The third kappa shape index (κ3) is 2.17. The molecule has 4 rings (SSSR count). The molecule has 1 aromatic heterocycles. The minimum absolute atomic E-state index is 0.580. The first-order chi connectivity index (χ1) is 11.8. The minimum atomic E-state index is 0.580. The lowest BCUT2D eigenvalue weighted by atomic mass is 10.0. The van der Waals surface area contributed by atoms with Crippen LogP contribution in [-0.2, 0) is 0 Å². The van der Waals surface area contributed by atoms with Crippen molar-refractivity contribution in [2.24, 2.45) is 0 Å². The molecule has 0 radical (unpaired) electrons. The molecule has 24 heavy (non-hydrogen) atoms. The summed E-state index contributed by atoms with van der Waals surface area (Å²) in [5.74, 6) is 0.777. The van der Waals surface area contributed by atoms with E-state index in [1.807, 2.05) is 49.4 Å². The van der Waals surface area contributed by atoms with Gasteiger partial charge in [-0.15, -0.1) is 0 Å². The van der Waals surface area contributed by atoms with Crippen molar-refractivity contribution in [3.8, 4) is 17.0 Å². The summed E-state index contributed by atoms with van der Waals surface area (Å²) in [5.41, 5.74) is 3.36. The summed E-state index contributed by atoms with van der Waals surface area (Å²) in [6.45, 7) is 2.53. The number of aldehydes is 1. The van der Waals surface area contributed by atoms with Gasteiger partial charge in [-0.05, 0) is 24.4 Å². The summed E-state index contributed by atoms with van der Waals surface area (Å²) in [7, 11) is 0. The molecule has 3 nitrogen and oxygen atoms in total. The summed E-state index contributed by atoms with van der Waals surface area (Å²) < 4.78 is 5.74. The fourth-order valence-electron chi connectivity index (χ4n) is 3.25. The number of nitrogens with one attached hydrogen (secondary N) is 1. The van der Waals surface area contributed by atoms with Gasteiger partial charge in [-0.25, -0.2) is 0 Å². The molecule has 0 bridgehead atoms. The van der Waals surface area contributed by atoms with Gasteiger partial charge in [-0.1, -0.05) is 48.5 Å². The quantitative estimate of drug-likeness (QED) is 0.526. The molecule has 0 amide bonds. The molecule has 0 spiro atoms. The van der Waals surface area contributed by atoms with E-state index >= 15 is 0 Å². The maximum absolute atomic E-state index is 11.8. The molecule has 0 aliphatic rings. The van der Waals surface area contributed by atoms with Gasteiger partial charge in [-0.2, -0.15) is 0 Å². The van der Waals surface area contributed by atoms with E-state index in [4.69, 9.17) is 4.74 Å². The molecular weight excluding hydrogens is 298 g/mol. The Balaban J connectivity index is 2.06. The maximum Gasteiger partial charge on any atom is 0.152 e. The van der Waals surface area contributed by atoms with Gasteiger partial charge in [0.15, 0.2) is 6.29 Å². The fraction of sp³-hybridized carbons (Fsp3) is 0.0952. The number of rotatable bonds is 4. The average Bonchev–Trinajstić information content (AvgIpc) is 3.01. The van der Waals surface area contributed by atoms with Crippen LogP contribution in [0.2, 0.25) is 0 Å². The Morgan fingerprint density at radius 3 is 2.58 bits per heavy atom. The van der Waals surface area contributed by atoms with Crippen LogP contribution in [0.1, 0.15) is 17.3 Å². The van der Waals surface area contributed by atoms with Crippen molar-refractivity contribution in [3.05, 3.63) is 66.2 Å². The second-order valence-corrected chi connectivity index (χ2v) is 5.67. The number of aromatic nitrogens is 1. The molecular formula is C21H17NO2. The summed E-state index contributed by atoms with van der Waals surface area (Å²) in [6, 6.07) is 20.0. The Morgan fingerprint density at radius 2 is 1.75 bits per heavy atom. The predicted molar refractivity (Wildman–Crippen MR) is 97.8 cm³/mol. The molecule has 3 heteroatoms. The molecule has 0 saturated heterocycles. The van der Waals surface area contributed by atoms with E-state index in [2.05, 4.69) is 23.2 Å². The Labute approximate surface area is 139 Å². The van der Waals surface area contributed by atoms with Crippen molar-refractivity contribution in [2.45, 2.75) is 6.92 Å². The van der Waals surface area contributed by atoms with Gasteiger partial charge >= 0.3 is 0 Å². The zero-order valence-corrected chi connectivity index (χ0v) is 13.4. The molecule has 3 aromatic carbocycles. The van der Waals surface area contributed by atoms with E-state index in [0.717, 1.165) is 45.0 Å². The van der Waals surface area contributed by atoms with Crippen molar-refractivity contribution in [1.82, 2.24) is 4.98 Å². The molecule has 0 fully saturated rings. The molecule has 0 atom stereocenters. The van der Waals surface area contributed by atoms with Crippen LogP contribution in [0.25, 0.3) is 32.9 Å². The highest BCUT2D eigenvalue weighted by molar-refractivity contribution is 6.14. The molecule has 118 valence electrons. The van der Waals surface area contributed by atoms with Gasteiger partial charge in [0.05, 0.1) is 17.8 Å². The third-order valence-corrected chi connectivity index (χ3v) is 4.31. The first-order valence-electron chi connectivity index (χ1n) is 8.04. The van der Waals surface area contributed by atoms with Crippen LogP contribution in [0, 0.1) is 0 Å². The number of aromatic amines is 1. The number of benzene rings is 3. The van der Waals surface area contributed by atoms with E-state index in [0.29, 0.717) is 12.2 Å². The molecule has 1 heterocycles. The number of para-hydroxylation sites is 1. The molecule has 4 aromatic rings. The Kier molecular flexibility index (Phi) is 3.54. The number of carbonyl (C=O) groups is 1. The van der Waals surface area contributed by atoms with Crippen molar-refractivity contribution >= 4 is 28.0 Å². The largest absolute Gasteiger partial charge is 0.493 e. The molecule has 0 aliphatic heterocycles. The lowest BCUT2D eigenvalue weighted by Gasteiger charge is -2.09. The van der Waals surface area contributed by atoms with Crippen molar-refractivity contribution in [1.29, 1.82) is 0 Å². The van der Waals surface area contributed by atoms with Crippen LogP contribution in [0.4, 0.5) is 0 Å². The van der Waals surface area contributed by atoms with E-state index in [-0.39, 0.29) is 0 Å². The van der Waals surface area contributed by atoms with Crippen molar-refractivity contribution in [3.63, 3.8) is 0 Å². The van der Waals surface area contributed by atoms with Gasteiger partial charge in [0, 0.05) is 21.9 Å². The number of hydrogen-bond acceptors (Lipinski definition) is 2. The third-order valence-electron chi connectivity index (χ3n) is 4.31. The number of carbonyl (C=O) groups excluding carboxylic acids is 1. The molecule has 0 unspecified atom stereocenters. The first-order valence-corrected chi connectivity index (χ1v) is 8.04. The standard InChI is InChI=1S/C21H17NO2/c1-2-24-19-10-6-5-9-17(19)21-18(13-23)16-12-11-14-7-3-4-8-15(14)20(16)22-21/h3-13,22H,2H2,1H3. The number of H-pyrrole nitrogens is 1. The zero-order chi connectivity index (χ0) is 16.5. The monoisotopic (exact) mass is 315 g/mol. The topological polar surface area (TPSA) is 42.1 Å². The Hall–Kier alpha value is -3.07. The van der Waals surface area contributed by atoms with E-state index < -0.39 is 0 Å². The van der Waals surface area contributed by atoms with E-state index in [9.17, 15) is 4.79 Å². The lowest BCUT2D eigenvalue weighted by Crippen LogP contribution is -1.95. The number of hydrogen-bond donors (Lipinski definition) is 1. The van der Waals surface area contributed by atoms with Crippen LogP contribution < -0.4 is 4.74 Å². The van der Waals surface area contributed by atoms with Crippen LogP contribution in [-0.4, -0.2) is 17.9 Å². The van der Waals surface area contributed by atoms with Crippen LogP contribution in [0.5, 0.6) is 5.75 Å². The molecule has 0 saturated carbocycles. The van der Waals surface area contributed by atoms with Crippen LogP contribution >= 0.6 is 0 Å². The summed E-state index contributed by atoms with van der Waals surface area (Å²) in [4.78, 5) is 15.3. The van der Waals surface area contributed by atoms with Crippen molar-refractivity contribution < 1.29 is 9.53 Å². The van der Waals surface area contributed by atoms with Gasteiger partial charge < -0.3 is 9.72 Å². The average molecular weight is 315 g/mol. The van der Waals surface area contributed by atoms with E-state index in [1.54, 1.807) is 0 Å². The van der Waals surface area contributed by atoms with Gasteiger partial charge in [0.25, 0.3) is 0 Å². The van der Waals surface area contributed by atoms with Crippen LogP contribution in [0.3, 0.4) is 0 Å². The highest BCUT2D eigenvalue weighted by Crippen LogP contribution is 2.37. The first kappa shape index (κ1) is 14.5. The number of ether oxygens (including phenoxy) is 1. The van der Waals surface area contributed by atoms with Crippen LogP contribution in [0.15, 0.2) is 60.7 Å². The SMILES string of the molecule is CCOc1ccccc1-c1[nH]c2c(ccc3ccccc32)c1C=O. The molecule has 0 aliphatic carbocycles. The van der Waals surface area contributed by atoms with Gasteiger partial charge in [0.1, 0.15) is 5.75 Å². The summed E-state index contributed by atoms with van der Waals surface area (Å²) in [5, 5.41) is 3.19. The van der Waals surface area contributed by atoms with E-state index in [1.165, 1.54) is 0 Å².